The van der Waals surface area contributed by atoms with Crippen LogP contribution in [-0.2, 0) is 6.42 Å². The van der Waals surface area contributed by atoms with Gasteiger partial charge in [0.25, 0.3) is 0 Å². The van der Waals surface area contributed by atoms with Crippen LogP contribution in [0.2, 0.25) is 0 Å². The highest BCUT2D eigenvalue weighted by atomic mass is 19.2. The number of hydrogen-bond acceptors (Lipinski definition) is 4. The van der Waals surface area contributed by atoms with Gasteiger partial charge in [0.2, 0.25) is 0 Å². The molecule has 138 valence electrons. The summed E-state index contributed by atoms with van der Waals surface area (Å²) in [5.74, 6) is 0.257. The molecule has 0 saturated carbocycles. The second-order valence-corrected chi connectivity index (χ2v) is 5.76. The largest absolute Gasteiger partial charge is 0.490 e. The minimum Gasteiger partial charge on any atom is -0.490 e. The molecule has 0 aliphatic carbocycles. The molecule has 3 atom stereocenters. The van der Waals surface area contributed by atoms with Crippen molar-refractivity contribution < 1.29 is 32.5 Å². The van der Waals surface area contributed by atoms with Crippen molar-refractivity contribution in [3.05, 3.63) is 29.8 Å². The summed E-state index contributed by atoms with van der Waals surface area (Å²) in [7, 11) is 0. The minimum absolute atomic E-state index is 0.257. The van der Waals surface area contributed by atoms with E-state index in [2.05, 4.69) is 0 Å². The van der Waals surface area contributed by atoms with Gasteiger partial charge in [0, 0.05) is 0 Å². The summed E-state index contributed by atoms with van der Waals surface area (Å²) < 4.78 is 56.1. The van der Waals surface area contributed by atoms with Crippen LogP contribution in [0.1, 0.15) is 12.0 Å². The normalized spacial score (nSPS) is 15.8. The average molecular weight is 353 g/mol. The minimum atomic E-state index is -2.57. The topological polar surface area (TPSA) is 75.7 Å². The molecule has 0 fully saturated rings. The Balaban J connectivity index is 2.47. The van der Waals surface area contributed by atoms with Gasteiger partial charge in [-0.1, -0.05) is 12.1 Å². The van der Waals surface area contributed by atoms with Crippen LogP contribution in [-0.4, -0.2) is 60.8 Å². The van der Waals surface area contributed by atoms with Gasteiger partial charge < -0.3 is 20.7 Å². The predicted molar refractivity (Wildman–Crippen MR) is 82.0 cm³/mol. The van der Waals surface area contributed by atoms with E-state index in [0.29, 0.717) is 12.8 Å². The van der Waals surface area contributed by atoms with E-state index in [-0.39, 0.29) is 19.0 Å². The third-order valence-electron chi connectivity index (χ3n) is 3.71. The monoisotopic (exact) mass is 353 g/mol. The molecule has 1 aromatic rings. The molecule has 1 aromatic carbocycles. The molecule has 0 aromatic heterocycles. The molecule has 4 nitrogen and oxygen atoms in total. The van der Waals surface area contributed by atoms with Crippen LogP contribution >= 0.6 is 0 Å². The van der Waals surface area contributed by atoms with E-state index < -0.39 is 37.3 Å². The van der Waals surface area contributed by atoms with Crippen molar-refractivity contribution in [3.63, 3.8) is 0 Å². The lowest BCUT2D eigenvalue weighted by Gasteiger charge is -2.24. The Labute approximate surface area is 138 Å². The molecule has 1 rings (SSSR count). The van der Waals surface area contributed by atoms with Crippen LogP contribution < -0.4 is 10.5 Å². The Kier molecular flexibility index (Phi) is 8.44. The van der Waals surface area contributed by atoms with Gasteiger partial charge in [-0.25, -0.2) is 17.6 Å². The molecule has 0 bridgehead atoms. The van der Waals surface area contributed by atoms with E-state index in [1.807, 2.05) is 0 Å². The van der Waals surface area contributed by atoms with Crippen LogP contribution in [0.25, 0.3) is 0 Å². The Morgan fingerprint density at radius 2 is 1.62 bits per heavy atom. The molecular formula is C16H23F4NO3. The molecule has 0 amide bonds. The summed E-state index contributed by atoms with van der Waals surface area (Å²) in [6.45, 7) is -2.99. The third kappa shape index (κ3) is 6.26. The fourth-order valence-electron chi connectivity index (χ4n) is 1.93. The first-order chi connectivity index (χ1) is 11.3. The maximum Gasteiger partial charge on any atom is 0.168 e. The highest BCUT2D eigenvalue weighted by Crippen LogP contribution is 2.18. The number of aliphatic hydroxyl groups excluding tert-OH is 2. The van der Waals surface area contributed by atoms with Crippen molar-refractivity contribution in [2.75, 3.05) is 26.5 Å². The highest BCUT2D eigenvalue weighted by molar-refractivity contribution is 5.27. The highest BCUT2D eigenvalue weighted by Gasteiger charge is 2.30. The fraction of sp³-hybridized carbons (Fsp3) is 0.625. The van der Waals surface area contributed by atoms with Crippen molar-refractivity contribution in [1.82, 2.24) is 0 Å². The van der Waals surface area contributed by atoms with Crippen molar-refractivity contribution in [3.8, 4) is 5.75 Å². The van der Waals surface area contributed by atoms with Gasteiger partial charge >= 0.3 is 0 Å². The second kappa shape index (κ2) is 9.80. The molecule has 0 aliphatic rings. The van der Waals surface area contributed by atoms with Crippen LogP contribution in [0.4, 0.5) is 17.6 Å². The summed E-state index contributed by atoms with van der Waals surface area (Å²) in [6, 6.07) is 6.38. The first kappa shape index (κ1) is 20.7. The average Bonchev–Trinajstić information content (AvgIpc) is 2.63. The van der Waals surface area contributed by atoms with Gasteiger partial charge in [-0.2, -0.15) is 0 Å². The number of aliphatic hydroxyl groups is 2. The first-order valence-electron chi connectivity index (χ1n) is 7.55. The number of rotatable bonds is 11. The molecule has 24 heavy (non-hydrogen) atoms. The predicted octanol–water partition coefficient (Wildman–Crippen LogP) is 1.66. The smallest absolute Gasteiger partial charge is 0.168 e. The zero-order chi connectivity index (χ0) is 18.2. The number of hydrogen-bond donors (Lipinski definition) is 3. The summed E-state index contributed by atoms with van der Waals surface area (Å²) >= 11 is 0. The Hall–Kier alpha value is -1.38. The summed E-state index contributed by atoms with van der Waals surface area (Å²) in [5.41, 5.74) is 5.54. The maximum absolute atomic E-state index is 13.4. The zero-order valence-electron chi connectivity index (χ0n) is 13.2. The van der Waals surface area contributed by atoms with Crippen molar-refractivity contribution in [2.45, 2.75) is 36.9 Å². The Morgan fingerprint density at radius 3 is 2.12 bits per heavy atom. The van der Waals surface area contributed by atoms with Crippen molar-refractivity contribution >= 4 is 0 Å². The van der Waals surface area contributed by atoms with E-state index in [1.165, 1.54) is 12.1 Å². The lowest BCUT2D eigenvalue weighted by atomic mass is 9.94. The summed E-state index contributed by atoms with van der Waals surface area (Å²) in [6.07, 6.45) is -6.47. The van der Waals surface area contributed by atoms with E-state index in [1.54, 1.807) is 12.1 Å². The van der Waals surface area contributed by atoms with Crippen LogP contribution in [0.15, 0.2) is 24.3 Å². The molecule has 8 heteroatoms. The maximum atomic E-state index is 13.4. The first-order valence-corrected chi connectivity index (χ1v) is 7.55. The fourth-order valence-corrected chi connectivity index (χ4v) is 1.93. The molecule has 0 spiro atoms. The number of nitrogens with two attached hydrogens (primary N) is 1. The molecule has 0 radical (unpaired) electrons. The van der Waals surface area contributed by atoms with Crippen molar-refractivity contribution in [1.29, 1.82) is 0 Å². The SMILES string of the molecule is NC(CO)(CO)CCc1ccc(OC[C@H](F)[C@@H](F)[C@@H](F)CF)cc1. The van der Waals surface area contributed by atoms with Gasteiger partial charge in [0.15, 0.2) is 18.5 Å². The van der Waals surface area contributed by atoms with Gasteiger partial charge in [0.1, 0.15) is 19.0 Å². The number of aryl methyl sites for hydroxylation is 1. The summed E-state index contributed by atoms with van der Waals surface area (Å²) in [4.78, 5) is 0. The van der Waals surface area contributed by atoms with Crippen LogP contribution in [0.3, 0.4) is 0 Å². The van der Waals surface area contributed by atoms with Gasteiger partial charge in [-0.15, -0.1) is 0 Å². The third-order valence-corrected chi connectivity index (χ3v) is 3.71. The molecule has 0 aliphatic heterocycles. The zero-order valence-corrected chi connectivity index (χ0v) is 13.2. The Morgan fingerprint density at radius 1 is 1.04 bits per heavy atom. The van der Waals surface area contributed by atoms with E-state index >= 15 is 0 Å². The van der Waals surface area contributed by atoms with E-state index in [9.17, 15) is 17.6 Å². The lowest BCUT2D eigenvalue weighted by Crippen LogP contribution is -2.47. The number of benzene rings is 1. The second-order valence-electron chi connectivity index (χ2n) is 5.76. The number of ether oxygens (including phenoxy) is 1. The van der Waals surface area contributed by atoms with Gasteiger partial charge in [0.05, 0.1) is 18.8 Å². The quantitative estimate of drug-likeness (QED) is 0.529. The molecule has 0 unspecified atom stereocenters. The van der Waals surface area contributed by atoms with Crippen LogP contribution in [0, 0.1) is 0 Å². The van der Waals surface area contributed by atoms with Crippen LogP contribution in [0.5, 0.6) is 5.75 Å². The van der Waals surface area contributed by atoms with Gasteiger partial charge in [-0.05, 0) is 30.5 Å². The molecular weight excluding hydrogens is 330 g/mol. The lowest BCUT2D eigenvalue weighted by molar-refractivity contribution is 0.0422. The van der Waals surface area contributed by atoms with E-state index in [4.69, 9.17) is 20.7 Å². The standard InChI is InChI=1S/C16H23F4NO3/c17-7-13(18)15(20)14(19)8-24-12-3-1-11(2-4-12)5-6-16(21,9-22)10-23/h1-4,13-15,22-23H,5-10,21H2/t13-,14-,15-/m0/s1. The molecule has 0 saturated heterocycles. The number of alkyl halides is 4. The van der Waals surface area contributed by atoms with E-state index in [0.717, 1.165) is 5.56 Å². The van der Waals surface area contributed by atoms with Crippen molar-refractivity contribution in [2.24, 2.45) is 5.73 Å². The molecule has 4 N–H and O–H groups in total. The number of halogens is 4. The Bertz CT molecular complexity index is 471. The molecule has 0 heterocycles. The summed E-state index contributed by atoms with van der Waals surface area (Å²) in [5, 5.41) is 18.2. The van der Waals surface area contributed by atoms with Gasteiger partial charge in [-0.3, -0.25) is 0 Å².